The monoisotopic (exact) mass is 494 g/mol. The molecule has 0 spiro atoms. The number of aliphatic carboxylic acids is 1. The number of pyridine rings is 1. The number of aryl methyl sites for hydroxylation is 1. The van der Waals surface area contributed by atoms with Crippen LogP contribution in [0.2, 0.25) is 5.02 Å². The van der Waals surface area contributed by atoms with Crippen LogP contribution in [0, 0.1) is 18.7 Å². The number of carbonyl (C=O) groups is 2. The summed E-state index contributed by atoms with van der Waals surface area (Å²) >= 11 is 6.03. The first-order valence-electron chi connectivity index (χ1n) is 11.8. The zero-order valence-corrected chi connectivity index (χ0v) is 20.3. The summed E-state index contributed by atoms with van der Waals surface area (Å²) in [7, 11) is 0. The molecule has 7 heteroatoms. The molecule has 0 saturated heterocycles. The van der Waals surface area contributed by atoms with Gasteiger partial charge in [0.05, 0.1) is 10.9 Å². The van der Waals surface area contributed by atoms with Crippen molar-refractivity contribution in [2.24, 2.45) is 5.92 Å². The SMILES string of the molecule is Cc1c(CCC(=O)O)cccc1NC(=O)[C@@H](c1ccc(-c2cncc(Cl)c2)c(F)c1)C1CCCC1. The largest absolute Gasteiger partial charge is 0.481 e. The standard InChI is InChI=1S/C28H28ClFN2O3/c1-17-18(10-12-26(33)34)7-4-8-25(17)32-28(35)27(19-5-2-3-6-19)20-9-11-23(24(30)14-20)21-13-22(29)16-31-15-21/h4,7-9,11,13-16,19,27H,2-3,5-6,10,12H2,1H3,(H,32,35)(H,33,34)/t27-/m1/s1. The molecule has 3 aromatic rings. The van der Waals surface area contributed by atoms with Gasteiger partial charge in [-0.2, -0.15) is 0 Å². The predicted molar refractivity (Wildman–Crippen MR) is 135 cm³/mol. The summed E-state index contributed by atoms with van der Waals surface area (Å²) in [5.74, 6) is -1.82. The minimum absolute atomic E-state index is 0.0245. The molecule has 182 valence electrons. The van der Waals surface area contributed by atoms with E-state index in [9.17, 15) is 9.59 Å². The van der Waals surface area contributed by atoms with Crippen molar-refractivity contribution in [2.75, 3.05) is 5.32 Å². The molecule has 1 aliphatic rings. The molecule has 0 radical (unpaired) electrons. The van der Waals surface area contributed by atoms with Gasteiger partial charge in [0, 0.05) is 35.6 Å². The summed E-state index contributed by atoms with van der Waals surface area (Å²) < 4.78 is 15.2. The number of carboxylic acids is 1. The molecule has 5 nitrogen and oxygen atoms in total. The van der Waals surface area contributed by atoms with Crippen LogP contribution in [-0.4, -0.2) is 22.0 Å². The maximum absolute atomic E-state index is 15.2. The van der Waals surface area contributed by atoms with E-state index in [0.29, 0.717) is 33.8 Å². The maximum atomic E-state index is 15.2. The Hall–Kier alpha value is -3.25. The fourth-order valence-electron chi connectivity index (χ4n) is 4.99. The van der Waals surface area contributed by atoms with Crippen molar-refractivity contribution in [3.63, 3.8) is 0 Å². The molecule has 1 aromatic heterocycles. The number of benzene rings is 2. The van der Waals surface area contributed by atoms with E-state index >= 15 is 4.39 Å². The molecular weight excluding hydrogens is 467 g/mol. The fraction of sp³-hybridized carbons (Fsp3) is 0.321. The third-order valence-electron chi connectivity index (χ3n) is 6.83. The second-order valence-electron chi connectivity index (χ2n) is 9.13. The predicted octanol–water partition coefficient (Wildman–Crippen LogP) is 6.78. The number of carbonyl (C=O) groups excluding carboxylic acids is 1. The first kappa shape index (κ1) is 24.9. The van der Waals surface area contributed by atoms with E-state index in [1.165, 1.54) is 12.3 Å². The molecule has 0 aliphatic heterocycles. The van der Waals surface area contributed by atoms with E-state index in [2.05, 4.69) is 10.3 Å². The number of anilines is 1. The van der Waals surface area contributed by atoms with Crippen molar-refractivity contribution in [1.82, 2.24) is 4.98 Å². The van der Waals surface area contributed by atoms with Crippen LogP contribution >= 0.6 is 11.6 Å². The maximum Gasteiger partial charge on any atom is 0.303 e. The van der Waals surface area contributed by atoms with Crippen LogP contribution in [0.5, 0.6) is 0 Å². The average Bonchev–Trinajstić information content (AvgIpc) is 3.34. The van der Waals surface area contributed by atoms with Gasteiger partial charge in [-0.15, -0.1) is 0 Å². The van der Waals surface area contributed by atoms with E-state index in [4.69, 9.17) is 16.7 Å². The Labute approximate surface area is 209 Å². The molecule has 0 bridgehead atoms. The Kier molecular flexibility index (Phi) is 7.81. The van der Waals surface area contributed by atoms with Gasteiger partial charge in [-0.05, 0) is 67.0 Å². The van der Waals surface area contributed by atoms with Gasteiger partial charge in [0.1, 0.15) is 5.82 Å². The van der Waals surface area contributed by atoms with Gasteiger partial charge >= 0.3 is 5.97 Å². The molecule has 1 amide bonds. The van der Waals surface area contributed by atoms with Crippen molar-refractivity contribution in [3.8, 4) is 11.1 Å². The minimum Gasteiger partial charge on any atom is -0.481 e. The van der Waals surface area contributed by atoms with E-state index in [-0.39, 0.29) is 18.2 Å². The second-order valence-corrected chi connectivity index (χ2v) is 9.56. The first-order chi connectivity index (χ1) is 16.8. The van der Waals surface area contributed by atoms with Crippen LogP contribution in [0.25, 0.3) is 11.1 Å². The summed E-state index contributed by atoms with van der Waals surface area (Å²) in [6.45, 7) is 1.88. The number of halogens is 2. The Morgan fingerprint density at radius 3 is 2.63 bits per heavy atom. The van der Waals surface area contributed by atoms with Crippen molar-refractivity contribution in [3.05, 3.63) is 82.4 Å². The van der Waals surface area contributed by atoms with Crippen molar-refractivity contribution in [1.29, 1.82) is 0 Å². The highest BCUT2D eigenvalue weighted by molar-refractivity contribution is 6.30. The Balaban J connectivity index is 1.62. The quantitative estimate of drug-likeness (QED) is 0.361. The molecule has 2 N–H and O–H groups in total. The van der Waals surface area contributed by atoms with E-state index in [1.807, 2.05) is 31.2 Å². The van der Waals surface area contributed by atoms with Crippen molar-refractivity contribution in [2.45, 2.75) is 51.4 Å². The molecule has 35 heavy (non-hydrogen) atoms. The van der Waals surface area contributed by atoms with Crippen LogP contribution in [0.1, 0.15) is 54.7 Å². The normalized spacial score (nSPS) is 14.6. The molecule has 1 saturated carbocycles. The van der Waals surface area contributed by atoms with Gasteiger partial charge in [-0.25, -0.2) is 4.39 Å². The van der Waals surface area contributed by atoms with Gasteiger partial charge in [-0.1, -0.05) is 48.7 Å². The zero-order valence-electron chi connectivity index (χ0n) is 19.6. The first-order valence-corrected chi connectivity index (χ1v) is 12.2. The van der Waals surface area contributed by atoms with Crippen molar-refractivity contribution < 1.29 is 19.1 Å². The van der Waals surface area contributed by atoms with E-state index < -0.39 is 17.7 Å². The lowest BCUT2D eigenvalue weighted by atomic mass is 9.83. The van der Waals surface area contributed by atoms with Gasteiger partial charge in [0.15, 0.2) is 0 Å². The average molecular weight is 495 g/mol. The summed E-state index contributed by atoms with van der Waals surface area (Å²) in [5, 5.41) is 12.5. The van der Waals surface area contributed by atoms with Gasteiger partial charge < -0.3 is 10.4 Å². The number of amides is 1. The van der Waals surface area contributed by atoms with Crippen LogP contribution < -0.4 is 5.32 Å². The van der Waals surface area contributed by atoms with E-state index in [1.54, 1.807) is 18.3 Å². The number of hydrogen-bond acceptors (Lipinski definition) is 3. The van der Waals surface area contributed by atoms with Crippen LogP contribution in [-0.2, 0) is 16.0 Å². The molecule has 4 rings (SSSR count). The lowest BCUT2D eigenvalue weighted by Gasteiger charge is -2.24. The summed E-state index contributed by atoms with van der Waals surface area (Å²) in [6, 6.07) is 12.1. The lowest BCUT2D eigenvalue weighted by molar-refractivity contribution is -0.137. The second kappa shape index (κ2) is 11.0. The molecule has 2 aromatic carbocycles. The highest BCUT2D eigenvalue weighted by Crippen LogP contribution is 2.39. The number of aromatic nitrogens is 1. The minimum atomic E-state index is -0.862. The van der Waals surface area contributed by atoms with Crippen LogP contribution in [0.3, 0.4) is 0 Å². The molecule has 1 atom stereocenters. The van der Waals surface area contributed by atoms with Crippen LogP contribution in [0.15, 0.2) is 54.9 Å². The number of rotatable bonds is 8. The number of nitrogens with one attached hydrogen (secondary N) is 1. The Morgan fingerprint density at radius 1 is 1.17 bits per heavy atom. The third kappa shape index (κ3) is 5.88. The van der Waals surface area contributed by atoms with Crippen LogP contribution in [0.4, 0.5) is 10.1 Å². The Morgan fingerprint density at radius 2 is 1.94 bits per heavy atom. The summed E-state index contributed by atoms with van der Waals surface area (Å²) in [6.07, 6.45) is 7.40. The fourth-order valence-corrected chi connectivity index (χ4v) is 5.16. The molecule has 1 aliphatic carbocycles. The highest BCUT2D eigenvalue weighted by atomic mass is 35.5. The van der Waals surface area contributed by atoms with E-state index in [0.717, 1.165) is 36.8 Å². The summed E-state index contributed by atoms with van der Waals surface area (Å²) in [5.41, 5.74) is 4.00. The van der Waals surface area contributed by atoms with Gasteiger partial charge in [0.25, 0.3) is 0 Å². The third-order valence-corrected chi connectivity index (χ3v) is 7.04. The number of carboxylic acid groups (broad SMARTS) is 1. The van der Waals surface area contributed by atoms with Crippen molar-refractivity contribution >= 4 is 29.2 Å². The molecular formula is C28H28ClFN2O3. The van der Waals surface area contributed by atoms with Gasteiger partial charge in [0.2, 0.25) is 5.91 Å². The molecule has 0 unspecified atom stereocenters. The number of nitrogens with zero attached hydrogens (tertiary/aromatic N) is 1. The summed E-state index contributed by atoms with van der Waals surface area (Å²) in [4.78, 5) is 28.6. The smallest absolute Gasteiger partial charge is 0.303 e. The molecule has 1 heterocycles. The zero-order chi connectivity index (χ0) is 24.9. The lowest BCUT2D eigenvalue weighted by Crippen LogP contribution is -2.27. The highest BCUT2D eigenvalue weighted by Gasteiger charge is 2.33. The van der Waals surface area contributed by atoms with Gasteiger partial charge in [-0.3, -0.25) is 14.6 Å². The molecule has 1 fully saturated rings. The number of hydrogen-bond donors (Lipinski definition) is 2. The Bertz CT molecular complexity index is 1240. The topological polar surface area (TPSA) is 79.3 Å².